The number of anilines is 1. The molecule has 1 N–H and O–H groups in total. The monoisotopic (exact) mass is 584 g/mol. The van der Waals surface area contributed by atoms with Crippen molar-refractivity contribution in [1.82, 2.24) is 14.9 Å². The number of pyridine rings is 1. The van der Waals surface area contributed by atoms with Crippen molar-refractivity contribution < 1.29 is 0 Å². The molecule has 1 saturated heterocycles. The Kier molecular flexibility index (Phi) is 6.66. The minimum atomic E-state index is -0.128. The third-order valence-electron chi connectivity index (χ3n) is 6.48. The Bertz CT molecular complexity index is 1440. The van der Waals surface area contributed by atoms with E-state index in [0.717, 1.165) is 44.1 Å². The quantitative estimate of drug-likeness (QED) is 0.246. The van der Waals surface area contributed by atoms with Crippen molar-refractivity contribution in [3.8, 4) is 5.69 Å². The summed E-state index contributed by atoms with van der Waals surface area (Å²) in [5, 5.41) is 5.27. The van der Waals surface area contributed by atoms with Crippen LogP contribution < -0.4 is 10.2 Å². The van der Waals surface area contributed by atoms with Crippen LogP contribution in [0.15, 0.2) is 71.3 Å². The zero-order chi connectivity index (χ0) is 24.9. The Hall–Kier alpha value is -2.38. The summed E-state index contributed by atoms with van der Waals surface area (Å²) in [5.41, 5.74) is 7.23. The summed E-state index contributed by atoms with van der Waals surface area (Å²) < 4.78 is 3.22. The lowest BCUT2D eigenvalue weighted by Crippen LogP contribution is -2.29. The van der Waals surface area contributed by atoms with Gasteiger partial charge in [-0.3, -0.25) is 4.98 Å². The van der Waals surface area contributed by atoms with Gasteiger partial charge in [-0.15, -0.1) is 0 Å². The number of benzene rings is 2. The summed E-state index contributed by atoms with van der Waals surface area (Å²) >= 11 is 22.5. The van der Waals surface area contributed by atoms with E-state index >= 15 is 0 Å². The van der Waals surface area contributed by atoms with E-state index in [1.807, 2.05) is 36.5 Å². The van der Waals surface area contributed by atoms with Crippen molar-refractivity contribution in [3.05, 3.63) is 110 Å². The number of rotatable bonds is 4. The Morgan fingerprint density at radius 1 is 1.00 bits per heavy atom. The normalized spacial score (nSPS) is 17.7. The molecule has 0 aliphatic carbocycles. The second-order valence-corrected chi connectivity index (χ2v) is 10.7. The third-order valence-corrected chi connectivity index (χ3v) is 8.49. The molecule has 2 aromatic carbocycles. The van der Waals surface area contributed by atoms with E-state index in [1.54, 1.807) is 6.07 Å². The molecule has 1 aliphatic rings. The molecule has 1 fully saturated rings. The maximum atomic E-state index is 6.63. The van der Waals surface area contributed by atoms with Gasteiger partial charge >= 0.3 is 0 Å². The molecule has 35 heavy (non-hydrogen) atoms. The van der Waals surface area contributed by atoms with E-state index in [0.29, 0.717) is 15.2 Å². The van der Waals surface area contributed by atoms with Gasteiger partial charge in [-0.2, -0.15) is 0 Å². The van der Waals surface area contributed by atoms with Crippen molar-refractivity contribution in [2.75, 3.05) is 4.90 Å². The van der Waals surface area contributed by atoms with Crippen LogP contribution in [0, 0.1) is 20.8 Å². The Morgan fingerprint density at radius 3 is 2.51 bits per heavy atom. The van der Waals surface area contributed by atoms with Gasteiger partial charge in [0.25, 0.3) is 0 Å². The molecular formula is C27H23BrCl2N4S. The SMILES string of the molecule is Cc1cc(N2C(=S)N[C@H](c3ccccn3)[C@H]2c2cc(C)n(-c3cccc(Cl)c3Cl)c2C)ccc1Br. The molecule has 3 heterocycles. The van der Waals surface area contributed by atoms with Crippen molar-refractivity contribution in [3.63, 3.8) is 0 Å². The number of halogens is 3. The second-order valence-electron chi connectivity index (χ2n) is 8.66. The molecule has 2 aromatic heterocycles. The highest BCUT2D eigenvalue weighted by Gasteiger charge is 2.42. The number of nitrogens with zero attached hydrogens (tertiary/aromatic N) is 3. The third kappa shape index (κ3) is 4.27. The minimum absolute atomic E-state index is 0.115. The summed E-state index contributed by atoms with van der Waals surface area (Å²) in [6, 6.07) is 19.9. The Balaban J connectivity index is 1.71. The molecule has 4 nitrogen and oxygen atoms in total. The predicted octanol–water partition coefficient (Wildman–Crippen LogP) is 8.04. The van der Waals surface area contributed by atoms with Crippen LogP contribution in [0.4, 0.5) is 5.69 Å². The fourth-order valence-corrected chi connectivity index (χ4v) is 5.82. The van der Waals surface area contributed by atoms with Gasteiger partial charge in [0.15, 0.2) is 5.11 Å². The zero-order valence-corrected chi connectivity index (χ0v) is 23.3. The molecule has 178 valence electrons. The number of nitrogens with one attached hydrogen (secondary N) is 1. The first-order valence-electron chi connectivity index (χ1n) is 11.2. The van der Waals surface area contributed by atoms with Crippen LogP contribution >= 0.6 is 51.3 Å². The van der Waals surface area contributed by atoms with Gasteiger partial charge in [-0.05, 0) is 92.6 Å². The number of hydrogen-bond acceptors (Lipinski definition) is 2. The first kappa shape index (κ1) is 24.3. The summed E-state index contributed by atoms with van der Waals surface area (Å²) in [5.74, 6) is 0. The van der Waals surface area contributed by atoms with E-state index in [-0.39, 0.29) is 12.1 Å². The second kappa shape index (κ2) is 9.58. The summed E-state index contributed by atoms with van der Waals surface area (Å²) in [4.78, 5) is 6.87. The lowest BCUT2D eigenvalue weighted by molar-refractivity contribution is 0.565. The van der Waals surface area contributed by atoms with Gasteiger partial charge in [-0.1, -0.05) is 51.3 Å². The van der Waals surface area contributed by atoms with Gasteiger partial charge in [0.1, 0.15) is 0 Å². The van der Waals surface area contributed by atoms with Gasteiger partial charge in [0, 0.05) is 27.7 Å². The summed E-state index contributed by atoms with van der Waals surface area (Å²) in [7, 11) is 0. The highest BCUT2D eigenvalue weighted by Crippen LogP contribution is 2.44. The van der Waals surface area contributed by atoms with E-state index in [1.165, 1.54) is 0 Å². The van der Waals surface area contributed by atoms with Crippen molar-refractivity contribution in [2.24, 2.45) is 0 Å². The van der Waals surface area contributed by atoms with E-state index in [9.17, 15) is 0 Å². The number of aromatic nitrogens is 2. The molecule has 8 heteroatoms. The molecule has 5 rings (SSSR count). The number of thiocarbonyl (C=S) groups is 1. The standard InChI is InChI=1S/C27H23BrCl2N4S/c1-15-13-18(10-11-20(15)28)34-26(25(32-27(34)35)22-8-4-5-12-31-22)19-14-16(2)33(17(19)3)23-9-6-7-21(29)24(23)30/h4-14,25-26H,1-3H3,(H,32,35)/t25-,26-/m1/s1. The molecule has 0 saturated carbocycles. The predicted molar refractivity (Wildman–Crippen MR) is 152 cm³/mol. The van der Waals surface area contributed by atoms with Crippen LogP contribution in [-0.4, -0.2) is 14.7 Å². The fraction of sp³-hybridized carbons (Fsp3) is 0.185. The van der Waals surface area contributed by atoms with Crippen molar-refractivity contribution >= 4 is 62.1 Å². The number of aryl methyl sites for hydroxylation is 2. The van der Waals surface area contributed by atoms with E-state index in [4.69, 9.17) is 35.4 Å². The van der Waals surface area contributed by atoms with Crippen LogP contribution in [0.25, 0.3) is 5.69 Å². The molecule has 0 amide bonds. The first-order chi connectivity index (χ1) is 16.8. The lowest BCUT2D eigenvalue weighted by Gasteiger charge is -2.28. The summed E-state index contributed by atoms with van der Waals surface area (Å²) in [6.07, 6.45) is 1.82. The van der Waals surface area contributed by atoms with Crippen LogP contribution in [0.1, 0.15) is 40.3 Å². The molecule has 1 aliphatic heterocycles. The highest BCUT2D eigenvalue weighted by atomic mass is 79.9. The summed E-state index contributed by atoms with van der Waals surface area (Å²) in [6.45, 7) is 6.28. The van der Waals surface area contributed by atoms with Crippen LogP contribution in [0.3, 0.4) is 0 Å². The van der Waals surface area contributed by atoms with Crippen molar-refractivity contribution in [2.45, 2.75) is 32.9 Å². The van der Waals surface area contributed by atoms with Crippen LogP contribution in [-0.2, 0) is 0 Å². The molecular weight excluding hydrogens is 563 g/mol. The van der Waals surface area contributed by atoms with Gasteiger partial charge in [0.05, 0.1) is 33.5 Å². The van der Waals surface area contributed by atoms with Crippen LogP contribution in [0.2, 0.25) is 10.0 Å². The lowest BCUT2D eigenvalue weighted by atomic mass is 9.96. The van der Waals surface area contributed by atoms with E-state index in [2.05, 4.69) is 80.7 Å². The minimum Gasteiger partial charge on any atom is -0.351 e. The first-order valence-corrected chi connectivity index (χ1v) is 13.1. The zero-order valence-electron chi connectivity index (χ0n) is 19.4. The molecule has 0 radical (unpaired) electrons. The molecule has 0 unspecified atom stereocenters. The maximum absolute atomic E-state index is 6.63. The fourth-order valence-electron chi connectivity index (χ4n) is 4.85. The van der Waals surface area contributed by atoms with Gasteiger partial charge in [0.2, 0.25) is 0 Å². The van der Waals surface area contributed by atoms with Crippen LogP contribution in [0.5, 0.6) is 0 Å². The van der Waals surface area contributed by atoms with Crippen molar-refractivity contribution in [1.29, 1.82) is 0 Å². The van der Waals surface area contributed by atoms with Gasteiger partial charge < -0.3 is 14.8 Å². The smallest absolute Gasteiger partial charge is 0.174 e. The topological polar surface area (TPSA) is 33.1 Å². The molecule has 0 spiro atoms. The maximum Gasteiger partial charge on any atom is 0.174 e. The Labute approximate surface area is 229 Å². The molecule has 2 atom stereocenters. The molecule has 4 aromatic rings. The Morgan fingerprint density at radius 2 is 1.80 bits per heavy atom. The average Bonchev–Trinajstić information content (AvgIpc) is 3.33. The number of hydrogen-bond donors (Lipinski definition) is 1. The molecule has 0 bridgehead atoms. The largest absolute Gasteiger partial charge is 0.351 e. The van der Waals surface area contributed by atoms with Gasteiger partial charge in [-0.25, -0.2) is 0 Å². The highest BCUT2D eigenvalue weighted by molar-refractivity contribution is 9.10. The average molecular weight is 586 g/mol. The van der Waals surface area contributed by atoms with E-state index < -0.39 is 0 Å².